The Morgan fingerprint density at radius 1 is 1.36 bits per heavy atom. The molecular weight excluding hydrogens is 416 g/mol. The summed E-state index contributed by atoms with van der Waals surface area (Å²) in [5.41, 5.74) is 2.85. The number of amides is 1. The zero-order chi connectivity index (χ0) is 18.4. The number of phenolic OH excluding ortho intramolecular Hbond substituents is 1. The van der Waals surface area contributed by atoms with Crippen molar-refractivity contribution in [3.05, 3.63) is 61.6 Å². The molecule has 25 heavy (non-hydrogen) atoms. The van der Waals surface area contributed by atoms with Gasteiger partial charge in [-0.15, -0.1) is 0 Å². The van der Waals surface area contributed by atoms with E-state index in [1.165, 1.54) is 12.1 Å². The lowest BCUT2D eigenvalue weighted by molar-refractivity contribution is -0.384. The Morgan fingerprint density at radius 2 is 2.12 bits per heavy atom. The fourth-order valence-electron chi connectivity index (χ4n) is 1.78. The lowest BCUT2D eigenvalue weighted by atomic mass is 10.2. The number of hydrogen-bond acceptors (Lipinski definition) is 6. The van der Waals surface area contributed by atoms with Crippen LogP contribution < -0.4 is 10.7 Å². The molecular formula is C15H12BrClN4O4. The van der Waals surface area contributed by atoms with E-state index in [9.17, 15) is 20.0 Å². The molecule has 0 aromatic heterocycles. The fraction of sp³-hybridized carbons (Fsp3) is 0.0667. The molecule has 0 bridgehead atoms. The van der Waals surface area contributed by atoms with Crippen LogP contribution in [0.2, 0.25) is 5.02 Å². The molecule has 0 aliphatic carbocycles. The zero-order valence-corrected chi connectivity index (χ0v) is 14.9. The van der Waals surface area contributed by atoms with Crippen molar-refractivity contribution >= 4 is 51.0 Å². The Hall–Kier alpha value is -2.65. The largest absolute Gasteiger partial charge is 0.507 e. The van der Waals surface area contributed by atoms with Crippen LogP contribution in [-0.4, -0.2) is 28.7 Å². The number of benzene rings is 2. The number of hydrazone groups is 1. The molecule has 0 aliphatic heterocycles. The first-order valence-electron chi connectivity index (χ1n) is 6.85. The van der Waals surface area contributed by atoms with Crippen LogP contribution in [0.5, 0.6) is 5.75 Å². The second-order valence-corrected chi connectivity index (χ2v) is 6.06. The van der Waals surface area contributed by atoms with Crippen LogP contribution in [0.15, 0.2) is 46.0 Å². The van der Waals surface area contributed by atoms with Crippen LogP contribution in [0.4, 0.5) is 11.4 Å². The van der Waals surface area contributed by atoms with Gasteiger partial charge in [0.05, 0.1) is 17.7 Å². The number of anilines is 1. The molecule has 2 aromatic carbocycles. The van der Waals surface area contributed by atoms with Crippen LogP contribution in [-0.2, 0) is 4.79 Å². The number of aromatic hydroxyl groups is 1. The molecule has 2 rings (SSSR count). The van der Waals surface area contributed by atoms with Crippen LogP contribution in [0.3, 0.4) is 0 Å². The summed E-state index contributed by atoms with van der Waals surface area (Å²) < 4.78 is 0.706. The number of non-ortho nitro benzene ring substituents is 1. The minimum absolute atomic E-state index is 0.0571. The molecule has 2 aromatic rings. The summed E-state index contributed by atoms with van der Waals surface area (Å²) in [6, 6.07) is 8.57. The first-order valence-corrected chi connectivity index (χ1v) is 8.02. The van der Waals surface area contributed by atoms with Gasteiger partial charge in [-0.2, -0.15) is 5.10 Å². The SMILES string of the molecule is O=C(CNc1ccc(Cl)cc1Br)N/N=C/c1cc([N+](=O)[O-])ccc1O. The van der Waals surface area contributed by atoms with Gasteiger partial charge in [0.15, 0.2) is 0 Å². The van der Waals surface area contributed by atoms with Crippen molar-refractivity contribution in [1.29, 1.82) is 0 Å². The average molecular weight is 428 g/mol. The molecule has 3 N–H and O–H groups in total. The number of nitro groups is 1. The molecule has 0 heterocycles. The van der Waals surface area contributed by atoms with E-state index in [4.69, 9.17) is 11.6 Å². The van der Waals surface area contributed by atoms with Crippen LogP contribution >= 0.6 is 27.5 Å². The highest BCUT2D eigenvalue weighted by molar-refractivity contribution is 9.10. The molecule has 0 spiro atoms. The minimum Gasteiger partial charge on any atom is -0.507 e. The second kappa shape index (κ2) is 8.45. The standard InChI is InChI=1S/C15H12BrClN4O4/c16-12-6-10(17)1-3-13(12)18-8-15(23)20-19-7-9-5-11(21(24)25)2-4-14(9)22/h1-7,18,22H,8H2,(H,20,23)/b19-7+. The van der Waals surface area contributed by atoms with Crippen molar-refractivity contribution < 1.29 is 14.8 Å². The van der Waals surface area contributed by atoms with Crippen LogP contribution in [0.25, 0.3) is 0 Å². The average Bonchev–Trinajstić information content (AvgIpc) is 2.55. The Kier molecular flexibility index (Phi) is 6.31. The third-order valence-electron chi connectivity index (χ3n) is 2.99. The van der Waals surface area contributed by atoms with Gasteiger partial charge in [-0.1, -0.05) is 11.6 Å². The molecule has 1 amide bonds. The Balaban J connectivity index is 1.92. The van der Waals surface area contributed by atoms with Gasteiger partial charge < -0.3 is 10.4 Å². The lowest BCUT2D eigenvalue weighted by Crippen LogP contribution is -2.26. The molecule has 10 heteroatoms. The van der Waals surface area contributed by atoms with Gasteiger partial charge in [-0.25, -0.2) is 5.43 Å². The molecule has 0 aliphatic rings. The molecule has 0 radical (unpaired) electrons. The van der Waals surface area contributed by atoms with Crippen molar-refractivity contribution in [3.63, 3.8) is 0 Å². The quantitative estimate of drug-likeness (QED) is 0.371. The summed E-state index contributed by atoms with van der Waals surface area (Å²) in [6.45, 7) is -0.0571. The number of carbonyl (C=O) groups excluding carboxylic acids is 1. The second-order valence-electron chi connectivity index (χ2n) is 4.77. The molecule has 0 unspecified atom stereocenters. The topological polar surface area (TPSA) is 117 Å². The number of rotatable bonds is 6. The van der Waals surface area contributed by atoms with Gasteiger partial charge in [0, 0.05) is 32.9 Å². The van der Waals surface area contributed by atoms with Gasteiger partial charge in [0.2, 0.25) is 0 Å². The summed E-state index contributed by atoms with van der Waals surface area (Å²) in [6.07, 6.45) is 1.12. The van der Waals surface area contributed by atoms with E-state index < -0.39 is 10.8 Å². The first-order chi connectivity index (χ1) is 11.9. The number of carbonyl (C=O) groups is 1. The Bertz CT molecular complexity index is 844. The van der Waals surface area contributed by atoms with E-state index >= 15 is 0 Å². The minimum atomic E-state index is -0.594. The third-order valence-corrected chi connectivity index (χ3v) is 3.88. The summed E-state index contributed by atoms with van der Waals surface area (Å²) in [7, 11) is 0. The van der Waals surface area contributed by atoms with E-state index in [1.54, 1.807) is 18.2 Å². The highest BCUT2D eigenvalue weighted by Gasteiger charge is 2.09. The van der Waals surface area contributed by atoms with Gasteiger partial charge in [-0.3, -0.25) is 14.9 Å². The summed E-state index contributed by atoms with van der Waals surface area (Å²) in [5, 5.41) is 27.5. The van der Waals surface area contributed by atoms with E-state index in [2.05, 4.69) is 31.8 Å². The maximum absolute atomic E-state index is 11.7. The van der Waals surface area contributed by atoms with Gasteiger partial charge in [0.25, 0.3) is 11.6 Å². The number of halogens is 2. The number of hydrogen-bond donors (Lipinski definition) is 3. The molecule has 0 saturated heterocycles. The zero-order valence-electron chi connectivity index (χ0n) is 12.6. The smallest absolute Gasteiger partial charge is 0.270 e. The van der Waals surface area contributed by atoms with E-state index in [1.807, 2.05) is 0 Å². The molecule has 130 valence electrons. The summed E-state index contributed by atoms with van der Waals surface area (Å²) in [5.74, 6) is -0.630. The molecule has 0 atom stereocenters. The van der Waals surface area contributed by atoms with Gasteiger partial charge in [0.1, 0.15) is 5.75 Å². The third kappa shape index (κ3) is 5.44. The molecule has 0 saturated carbocycles. The van der Waals surface area contributed by atoms with Crippen molar-refractivity contribution in [2.45, 2.75) is 0 Å². The van der Waals surface area contributed by atoms with Gasteiger partial charge in [-0.05, 0) is 40.2 Å². The van der Waals surface area contributed by atoms with Crippen molar-refractivity contribution in [2.75, 3.05) is 11.9 Å². The highest BCUT2D eigenvalue weighted by Crippen LogP contribution is 2.25. The van der Waals surface area contributed by atoms with E-state index in [0.717, 1.165) is 12.3 Å². The fourth-order valence-corrected chi connectivity index (χ4v) is 2.60. The molecule has 8 nitrogen and oxygen atoms in total. The monoisotopic (exact) mass is 426 g/mol. The van der Waals surface area contributed by atoms with Crippen molar-refractivity contribution in [2.24, 2.45) is 5.10 Å². The summed E-state index contributed by atoms with van der Waals surface area (Å²) in [4.78, 5) is 21.9. The number of nitrogens with one attached hydrogen (secondary N) is 2. The van der Waals surface area contributed by atoms with E-state index in [0.29, 0.717) is 15.2 Å². The number of nitro benzene ring substituents is 1. The van der Waals surface area contributed by atoms with Crippen molar-refractivity contribution in [3.8, 4) is 5.75 Å². The predicted octanol–water partition coefficient (Wildman–Crippen LogP) is 3.28. The van der Waals surface area contributed by atoms with Crippen LogP contribution in [0, 0.1) is 10.1 Å². The molecule has 0 fully saturated rings. The number of nitrogens with zero attached hydrogens (tertiary/aromatic N) is 2. The summed E-state index contributed by atoms with van der Waals surface area (Å²) >= 11 is 9.15. The van der Waals surface area contributed by atoms with Crippen molar-refractivity contribution in [1.82, 2.24) is 5.43 Å². The maximum Gasteiger partial charge on any atom is 0.270 e. The number of phenols is 1. The maximum atomic E-state index is 11.7. The van der Waals surface area contributed by atoms with Gasteiger partial charge >= 0.3 is 0 Å². The lowest BCUT2D eigenvalue weighted by Gasteiger charge is -2.07. The Labute approximate surface area is 155 Å². The van der Waals surface area contributed by atoms with Crippen LogP contribution in [0.1, 0.15) is 5.56 Å². The highest BCUT2D eigenvalue weighted by atomic mass is 79.9. The predicted molar refractivity (Wildman–Crippen MR) is 98.1 cm³/mol. The first kappa shape index (κ1) is 18.7. The normalized spacial score (nSPS) is 10.6. The van der Waals surface area contributed by atoms with E-state index in [-0.39, 0.29) is 23.5 Å². The Morgan fingerprint density at radius 3 is 2.80 bits per heavy atom.